The fourth-order valence-corrected chi connectivity index (χ4v) is 2.99. The van der Waals surface area contributed by atoms with Crippen molar-refractivity contribution in [2.75, 3.05) is 24.3 Å². The van der Waals surface area contributed by atoms with Crippen molar-refractivity contribution in [3.8, 4) is 0 Å². The van der Waals surface area contributed by atoms with Crippen molar-refractivity contribution < 1.29 is 4.79 Å². The highest BCUT2D eigenvalue weighted by atomic mass is 32.1. The number of anilines is 2. The van der Waals surface area contributed by atoms with Crippen molar-refractivity contribution >= 4 is 38.8 Å². The third kappa shape index (κ3) is 3.08. The lowest BCUT2D eigenvalue weighted by molar-refractivity contribution is 0.100. The second-order valence-corrected chi connectivity index (χ2v) is 6.09. The van der Waals surface area contributed by atoms with E-state index in [1.807, 2.05) is 13.1 Å². The Morgan fingerprint density at radius 3 is 2.90 bits per heavy atom. The molecule has 1 atom stereocenters. The summed E-state index contributed by atoms with van der Waals surface area (Å²) in [5, 5.41) is 4.22. The van der Waals surface area contributed by atoms with E-state index in [0.717, 1.165) is 22.3 Å². The molecule has 114 valence electrons. The van der Waals surface area contributed by atoms with Gasteiger partial charge in [0.15, 0.2) is 0 Å². The first kappa shape index (κ1) is 15.5. The van der Waals surface area contributed by atoms with Crippen LogP contribution in [0.3, 0.4) is 0 Å². The van der Waals surface area contributed by atoms with Gasteiger partial charge in [-0.1, -0.05) is 6.92 Å². The molecule has 0 aliphatic carbocycles. The van der Waals surface area contributed by atoms with Gasteiger partial charge in [0.2, 0.25) is 0 Å². The Bertz CT molecular complexity index is 654. The molecule has 0 aliphatic rings. The lowest BCUT2D eigenvalue weighted by Crippen LogP contribution is -2.36. The second-order valence-electron chi connectivity index (χ2n) is 5.09. The highest BCUT2D eigenvalue weighted by Crippen LogP contribution is 2.37. The number of nitrogen functional groups attached to an aromatic ring is 1. The molecule has 2 aromatic heterocycles. The van der Waals surface area contributed by atoms with Gasteiger partial charge in [0.25, 0.3) is 5.91 Å². The van der Waals surface area contributed by atoms with Crippen LogP contribution in [0.4, 0.5) is 11.4 Å². The van der Waals surface area contributed by atoms with E-state index in [1.165, 1.54) is 11.3 Å². The Morgan fingerprint density at radius 2 is 2.29 bits per heavy atom. The van der Waals surface area contributed by atoms with Crippen molar-refractivity contribution in [1.82, 2.24) is 10.3 Å². The summed E-state index contributed by atoms with van der Waals surface area (Å²) >= 11 is 1.23. The normalized spacial score (nSPS) is 12.5. The Balaban J connectivity index is 2.37. The number of carbonyl (C=O) groups excluding carboxylic acids is 1. The summed E-state index contributed by atoms with van der Waals surface area (Å²) in [6, 6.07) is 2.33. The maximum Gasteiger partial charge on any atom is 0.260 e. The predicted molar refractivity (Wildman–Crippen MR) is 88.7 cm³/mol. The van der Waals surface area contributed by atoms with Crippen LogP contribution in [-0.4, -0.2) is 30.6 Å². The zero-order chi connectivity index (χ0) is 15.6. The van der Waals surface area contributed by atoms with Crippen LogP contribution < -0.4 is 21.7 Å². The van der Waals surface area contributed by atoms with Gasteiger partial charge in [0.05, 0.1) is 23.4 Å². The number of thiophene rings is 1. The summed E-state index contributed by atoms with van der Waals surface area (Å²) in [4.78, 5) is 18.9. The van der Waals surface area contributed by atoms with Crippen LogP contribution in [0.15, 0.2) is 12.3 Å². The van der Waals surface area contributed by atoms with Gasteiger partial charge < -0.3 is 16.4 Å². The molecule has 0 spiro atoms. The van der Waals surface area contributed by atoms with E-state index in [4.69, 9.17) is 11.5 Å². The number of rotatable bonds is 6. The van der Waals surface area contributed by atoms with Gasteiger partial charge in [-0.15, -0.1) is 11.3 Å². The lowest BCUT2D eigenvalue weighted by Gasteiger charge is -2.23. The standard InChI is InChI=1S/C14H21N5OS/c1-4-8(2)18-7-19(3)9-5-6-17-14-10(9)11(15)12(21-14)13(16)20/h5-6,8,18H,4,7,15H2,1-3H3,(H2,16,20). The molecule has 0 bridgehead atoms. The highest BCUT2D eigenvalue weighted by Gasteiger charge is 2.19. The molecule has 0 aromatic carbocycles. The summed E-state index contributed by atoms with van der Waals surface area (Å²) in [6.07, 6.45) is 2.78. The minimum absolute atomic E-state index is 0.369. The topological polar surface area (TPSA) is 97.3 Å². The van der Waals surface area contributed by atoms with Crippen LogP contribution >= 0.6 is 11.3 Å². The molecule has 2 heterocycles. The average molecular weight is 307 g/mol. The molecule has 1 unspecified atom stereocenters. The minimum Gasteiger partial charge on any atom is -0.397 e. The monoisotopic (exact) mass is 307 g/mol. The number of amides is 1. The van der Waals surface area contributed by atoms with Crippen molar-refractivity contribution in [3.05, 3.63) is 17.1 Å². The van der Waals surface area contributed by atoms with Crippen molar-refractivity contribution in [2.24, 2.45) is 5.73 Å². The van der Waals surface area contributed by atoms with E-state index in [9.17, 15) is 4.79 Å². The Hall–Kier alpha value is -1.86. The first-order valence-corrected chi connectivity index (χ1v) is 7.68. The molecule has 0 saturated heterocycles. The number of nitrogens with one attached hydrogen (secondary N) is 1. The van der Waals surface area contributed by atoms with E-state index in [-0.39, 0.29) is 0 Å². The number of carbonyl (C=O) groups is 1. The molecule has 0 radical (unpaired) electrons. The molecule has 2 aromatic rings. The Morgan fingerprint density at radius 1 is 1.57 bits per heavy atom. The fraction of sp³-hybridized carbons (Fsp3) is 0.429. The Kier molecular flexibility index (Phi) is 4.64. The molecule has 21 heavy (non-hydrogen) atoms. The first-order chi connectivity index (χ1) is 9.95. The van der Waals surface area contributed by atoms with Crippen LogP contribution in [0, 0.1) is 0 Å². The second kappa shape index (κ2) is 6.28. The molecule has 0 saturated carbocycles. The van der Waals surface area contributed by atoms with Gasteiger partial charge in [0.1, 0.15) is 9.71 Å². The summed E-state index contributed by atoms with van der Waals surface area (Å²) in [7, 11) is 1.98. The van der Waals surface area contributed by atoms with Crippen LogP contribution in [0.2, 0.25) is 0 Å². The van der Waals surface area contributed by atoms with Gasteiger partial charge in [-0.2, -0.15) is 0 Å². The largest absolute Gasteiger partial charge is 0.397 e. The van der Waals surface area contributed by atoms with Gasteiger partial charge in [-0.05, 0) is 19.4 Å². The number of hydrogen-bond acceptors (Lipinski definition) is 6. The number of hydrogen-bond donors (Lipinski definition) is 3. The molecule has 0 fully saturated rings. The molecule has 0 aliphatic heterocycles. The maximum absolute atomic E-state index is 11.4. The minimum atomic E-state index is -0.512. The summed E-state index contributed by atoms with van der Waals surface area (Å²) in [6.45, 7) is 4.97. The van der Waals surface area contributed by atoms with Crippen LogP contribution in [0.25, 0.3) is 10.2 Å². The lowest BCUT2D eigenvalue weighted by atomic mass is 10.2. The van der Waals surface area contributed by atoms with Crippen molar-refractivity contribution in [2.45, 2.75) is 26.3 Å². The predicted octanol–water partition coefficient (Wildman–Crippen LogP) is 1.76. The molecule has 1 amide bonds. The number of nitrogens with zero attached hydrogens (tertiary/aromatic N) is 2. The third-order valence-corrected chi connectivity index (χ3v) is 4.66. The van der Waals surface area contributed by atoms with Crippen LogP contribution in [0.5, 0.6) is 0 Å². The van der Waals surface area contributed by atoms with Crippen molar-refractivity contribution in [1.29, 1.82) is 0 Å². The van der Waals surface area contributed by atoms with E-state index in [0.29, 0.717) is 23.3 Å². The van der Waals surface area contributed by atoms with Gasteiger partial charge >= 0.3 is 0 Å². The molecular formula is C14H21N5OS. The molecule has 2 rings (SSSR count). The first-order valence-electron chi connectivity index (χ1n) is 6.87. The van der Waals surface area contributed by atoms with Crippen molar-refractivity contribution in [3.63, 3.8) is 0 Å². The third-order valence-electron chi connectivity index (χ3n) is 3.53. The number of nitrogens with two attached hydrogens (primary N) is 2. The van der Waals surface area contributed by atoms with Gasteiger partial charge in [-0.25, -0.2) is 4.98 Å². The SMILES string of the molecule is CCC(C)NCN(C)c1ccnc2sc(C(N)=O)c(N)c12. The number of fused-ring (bicyclic) bond motifs is 1. The van der Waals surface area contributed by atoms with E-state index >= 15 is 0 Å². The Labute approximate surface area is 128 Å². The van der Waals surface area contributed by atoms with Gasteiger partial charge in [0, 0.05) is 19.3 Å². The van der Waals surface area contributed by atoms with E-state index in [1.54, 1.807) is 6.20 Å². The molecule has 5 N–H and O–H groups in total. The zero-order valence-corrected chi connectivity index (χ0v) is 13.3. The average Bonchev–Trinajstić information content (AvgIpc) is 2.82. The smallest absolute Gasteiger partial charge is 0.260 e. The van der Waals surface area contributed by atoms with Crippen LogP contribution in [0.1, 0.15) is 29.9 Å². The highest BCUT2D eigenvalue weighted by molar-refractivity contribution is 7.21. The number of aromatic nitrogens is 1. The quantitative estimate of drug-likeness (QED) is 0.707. The van der Waals surface area contributed by atoms with Gasteiger partial charge in [-0.3, -0.25) is 10.1 Å². The van der Waals surface area contributed by atoms with E-state index < -0.39 is 5.91 Å². The molecular weight excluding hydrogens is 286 g/mol. The van der Waals surface area contributed by atoms with Crippen LogP contribution in [-0.2, 0) is 0 Å². The summed E-state index contributed by atoms with van der Waals surface area (Å²) < 4.78 is 0. The zero-order valence-electron chi connectivity index (χ0n) is 12.5. The molecule has 6 nitrogen and oxygen atoms in total. The fourth-order valence-electron chi connectivity index (χ4n) is 2.05. The summed E-state index contributed by atoms with van der Waals surface area (Å²) in [5.74, 6) is -0.512. The number of primary amides is 1. The summed E-state index contributed by atoms with van der Waals surface area (Å²) in [5.41, 5.74) is 12.8. The van der Waals surface area contributed by atoms with E-state index in [2.05, 4.69) is 29.0 Å². The molecule has 7 heteroatoms. The number of pyridine rings is 1. The maximum atomic E-state index is 11.4.